The average Bonchev–Trinajstić information content (AvgIpc) is 3.10. The van der Waals surface area contributed by atoms with Crippen LogP contribution in [0.5, 0.6) is 11.5 Å². The predicted molar refractivity (Wildman–Crippen MR) is 87.2 cm³/mol. The number of carbonyl (C=O) groups is 1. The fraction of sp³-hybridized carbons (Fsp3) is 0.118. The van der Waals surface area contributed by atoms with Crippen molar-refractivity contribution in [3.05, 3.63) is 53.8 Å². The molecule has 2 aromatic carbocycles. The number of halogens is 1. The van der Waals surface area contributed by atoms with Gasteiger partial charge in [0.2, 0.25) is 0 Å². The van der Waals surface area contributed by atoms with Crippen LogP contribution in [0.3, 0.4) is 0 Å². The van der Waals surface area contributed by atoms with E-state index in [0.717, 1.165) is 0 Å². The standard InChI is InChI=1S/C17H14FN3O4/c1-23-12-7-8-14(24-2)13(9-12)16-20-21-17(25-16)19-15(22)10-3-5-11(18)6-4-10/h3-9H,1-2H3,(H,19,21,22). The molecule has 0 fully saturated rings. The van der Waals surface area contributed by atoms with Crippen LogP contribution in [-0.4, -0.2) is 30.3 Å². The Bertz CT molecular complexity index is 893. The van der Waals surface area contributed by atoms with E-state index in [1.807, 2.05) is 0 Å². The minimum absolute atomic E-state index is 0.0887. The quantitative estimate of drug-likeness (QED) is 0.766. The zero-order valence-electron chi connectivity index (χ0n) is 13.4. The van der Waals surface area contributed by atoms with Gasteiger partial charge in [-0.15, -0.1) is 5.10 Å². The molecule has 0 aliphatic heterocycles. The van der Waals surface area contributed by atoms with Crippen LogP contribution in [0, 0.1) is 5.82 Å². The van der Waals surface area contributed by atoms with Gasteiger partial charge in [0.05, 0.1) is 19.8 Å². The van der Waals surface area contributed by atoms with Crippen LogP contribution in [0.4, 0.5) is 10.4 Å². The number of aromatic nitrogens is 2. The number of amides is 1. The monoisotopic (exact) mass is 343 g/mol. The lowest BCUT2D eigenvalue weighted by atomic mass is 10.2. The van der Waals surface area contributed by atoms with Gasteiger partial charge in [-0.3, -0.25) is 10.1 Å². The van der Waals surface area contributed by atoms with Gasteiger partial charge >= 0.3 is 6.01 Å². The second kappa shape index (κ2) is 7.00. The molecule has 0 saturated carbocycles. The van der Waals surface area contributed by atoms with Crippen LogP contribution in [0.1, 0.15) is 10.4 Å². The molecule has 3 aromatic rings. The van der Waals surface area contributed by atoms with Gasteiger partial charge in [-0.2, -0.15) is 0 Å². The number of nitrogens with zero attached hydrogens (tertiary/aromatic N) is 2. The molecule has 128 valence electrons. The second-order valence-corrected chi connectivity index (χ2v) is 4.94. The number of rotatable bonds is 5. The van der Waals surface area contributed by atoms with E-state index < -0.39 is 11.7 Å². The van der Waals surface area contributed by atoms with Crippen LogP contribution in [0.15, 0.2) is 46.9 Å². The predicted octanol–water partition coefficient (Wildman–Crippen LogP) is 3.15. The first-order chi connectivity index (χ1) is 12.1. The third-order valence-electron chi connectivity index (χ3n) is 3.39. The van der Waals surface area contributed by atoms with Gasteiger partial charge in [-0.25, -0.2) is 4.39 Å². The molecule has 25 heavy (non-hydrogen) atoms. The molecule has 0 radical (unpaired) electrons. The van der Waals surface area contributed by atoms with E-state index in [1.165, 1.54) is 38.5 Å². The van der Waals surface area contributed by atoms with Crippen molar-refractivity contribution in [1.82, 2.24) is 10.2 Å². The molecule has 1 amide bonds. The van der Waals surface area contributed by atoms with Crippen molar-refractivity contribution >= 4 is 11.9 Å². The summed E-state index contributed by atoms with van der Waals surface area (Å²) in [7, 11) is 3.05. The highest BCUT2D eigenvalue weighted by atomic mass is 19.1. The topological polar surface area (TPSA) is 86.5 Å². The molecule has 0 atom stereocenters. The number of hydrogen-bond donors (Lipinski definition) is 1. The lowest BCUT2D eigenvalue weighted by Gasteiger charge is -2.07. The van der Waals surface area contributed by atoms with Crippen LogP contribution in [0.25, 0.3) is 11.5 Å². The number of benzene rings is 2. The first kappa shape index (κ1) is 16.4. The minimum Gasteiger partial charge on any atom is -0.497 e. The van der Waals surface area contributed by atoms with Crippen molar-refractivity contribution in [3.8, 4) is 23.0 Å². The summed E-state index contributed by atoms with van der Waals surface area (Å²) >= 11 is 0. The van der Waals surface area contributed by atoms with Crippen LogP contribution in [0.2, 0.25) is 0 Å². The van der Waals surface area contributed by atoms with Gasteiger partial charge in [0, 0.05) is 5.56 Å². The van der Waals surface area contributed by atoms with Crippen molar-refractivity contribution in [1.29, 1.82) is 0 Å². The first-order valence-corrected chi connectivity index (χ1v) is 7.23. The molecule has 0 bridgehead atoms. The molecule has 8 heteroatoms. The Morgan fingerprint density at radius 1 is 1.08 bits per heavy atom. The lowest BCUT2D eigenvalue weighted by molar-refractivity contribution is 0.102. The summed E-state index contributed by atoms with van der Waals surface area (Å²) in [5, 5.41) is 10.2. The Labute approximate surface area is 142 Å². The molecular weight excluding hydrogens is 329 g/mol. The molecule has 1 heterocycles. The molecule has 7 nitrogen and oxygen atoms in total. The van der Waals surface area contributed by atoms with Gasteiger partial charge in [-0.1, -0.05) is 5.10 Å². The molecule has 0 saturated heterocycles. The van der Waals surface area contributed by atoms with Crippen molar-refractivity contribution < 1.29 is 23.1 Å². The van der Waals surface area contributed by atoms with Gasteiger partial charge in [0.1, 0.15) is 17.3 Å². The summed E-state index contributed by atoms with van der Waals surface area (Å²) in [4.78, 5) is 12.1. The molecule has 0 unspecified atom stereocenters. The number of nitrogens with one attached hydrogen (secondary N) is 1. The summed E-state index contributed by atoms with van der Waals surface area (Å²) in [6, 6.07) is 10.1. The number of hydrogen-bond acceptors (Lipinski definition) is 6. The Hall–Kier alpha value is -3.42. The Morgan fingerprint density at radius 2 is 1.84 bits per heavy atom. The van der Waals surface area contributed by atoms with E-state index in [9.17, 15) is 9.18 Å². The number of anilines is 1. The maximum Gasteiger partial charge on any atom is 0.322 e. The normalized spacial score (nSPS) is 10.4. The molecule has 0 spiro atoms. The van der Waals surface area contributed by atoms with Crippen molar-refractivity contribution in [2.75, 3.05) is 19.5 Å². The van der Waals surface area contributed by atoms with Crippen LogP contribution < -0.4 is 14.8 Å². The molecule has 0 aliphatic carbocycles. The summed E-state index contributed by atoms with van der Waals surface area (Å²) in [5.74, 6) is 0.339. The Morgan fingerprint density at radius 3 is 2.52 bits per heavy atom. The van der Waals surface area contributed by atoms with Gasteiger partial charge < -0.3 is 13.9 Å². The third kappa shape index (κ3) is 3.57. The maximum atomic E-state index is 12.9. The highest BCUT2D eigenvalue weighted by molar-refractivity contribution is 6.03. The molecule has 0 aliphatic rings. The highest BCUT2D eigenvalue weighted by Crippen LogP contribution is 2.33. The fourth-order valence-corrected chi connectivity index (χ4v) is 2.13. The highest BCUT2D eigenvalue weighted by Gasteiger charge is 2.16. The van der Waals surface area contributed by atoms with E-state index in [4.69, 9.17) is 13.9 Å². The van der Waals surface area contributed by atoms with Crippen molar-refractivity contribution in [2.45, 2.75) is 0 Å². The third-order valence-corrected chi connectivity index (χ3v) is 3.39. The Kier molecular flexibility index (Phi) is 4.60. The SMILES string of the molecule is COc1ccc(OC)c(-c2nnc(NC(=O)c3ccc(F)cc3)o2)c1. The van der Waals surface area contributed by atoms with E-state index in [1.54, 1.807) is 18.2 Å². The zero-order valence-corrected chi connectivity index (χ0v) is 13.4. The van der Waals surface area contributed by atoms with Crippen molar-refractivity contribution in [3.63, 3.8) is 0 Å². The summed E-state index contributed by atoms with van der Waals surface area (Å²) in [6.07, 6.45) is 0. The Balaban J connectivity index is 1.83. The molecular formula is C17H14FN3O4. The fourth-order valence-electron chi connectivity index (χ4n) is 2.13. The van der Waals surface area contributed by atoms with E-state index in [0.29, 0.717) is 17.1 Å². The van der Waals surface area contributed by atoms with Crippen LogP contribution >= 0.6 is 0 Å². The van der Waals surface area contributed by atoms with E-state index in [-0.39, 0.29) is 17.5 Å². The second-order valence-electron chi connectivity index (χ2n) is 4.94. The summed E-state index contributed by atoms with van der Waals surface area (Å²) in [5.41, 5.74) is 0.789. The van der Waals surface area contributed by atoms with Crippen molar-refractivity contribution in [2.24, 2.45) is 0 Å². The number of methoxy groups -OCH3 is 2. The number of carbonyl (C=O) groups excluding carboxylic acids is 1. The minimum atomic E-state index is -0.493. The summed E-state index contributed by atoms with van der Waals surface area (Å²) < 4.78 is 28.8. The summed E-state index contributed by atoms with van der Waals surface area (Å²) in [6.45, 7) is 0. The smallest absolute Gasteiger partial charge is 0.322 e. The van der Waals surface area contributed by atoms with Gasteiger partial charge in [0.25, 0.3) is 11.8 Å². The number of ether oxygens (including phenoxy) is 2. The van der Waals surface area contributed by atoms with E-state index in [2.05, 4.69) is 15.5 Å². The zero-order chi connectivity index (χ0) is 17.8. The van der Waals surface area contributed by atoms with Gasteiger partial charge in [-0.05, 0) is 42.5 Å². The average molecular weight is 343 g/mol. The first-order valence-electron chi connectivity index (χ1n) is 7.23. The maximum absolute atomic E-state index is 12.9. The van der Waals surface area contributed by atoms with E-state index >= 15 is 0 Å². The van der Waals surface area contributed by atoms with Crippen LogP contribution in [-0.2, 0) is 0 Å². The molecule has 1 aromatic heterocycles. The van der Waals surface area contributed by atoms with Gasteiger partial charge in [0.15, 0.2) is 0 Å². The lowest BCUT2D eigenvalue weighted by Crippen LogP contribution is -2.12. The molecule has 1 N–H and O–H groups in total. The molecule has 3 rings (SSSR count). The largest absolute Gasteiger partial charge is 0.497 e.